The van der Waals surface area contributed by atoms with Gasteiger partial charge in [-0.25, -0.2) is 12.8 Å². The number of hydrogen-bond acceptors (Lipinski definition) is 4. The third-order valence-electron chi connectivity index (χ3n) is 5.40. The number of hydrogen-bond donors (Lipinski definition) is 1. The lowest BCUT2D eigenvalue weighted by Gasteiger charge is -2.29. The van der Waals surface area contributed by atoms with Crippen LogP contribution in [0, 0.1) is 32.5 Å². The monoisotopic (exact) mass is 422 g/mol. The summed E-state index contributed by atoms with van der Waals surface area (Å²) >= 11 is 0. The van der Waals surface area contributed by atoms with Crippen LogP contribution in [0.3, 0.4) is 0 Å². The van der Waals surface area contributed by atoms with Crippen molar-refractivity contribution in [3.63, 3.8) is 0 Å². The van der Waals surface area contributed by atoms with Crippen molar-refractivity contribution < 1.29 is 17.6 Å². The number of benzene rings is 1. The van der Waals surface area contributed by atoms with Crippen molar-refractivity contribution in [3.05, 3.63) is 41.0 Å². The van der Waals surface area contributed by atoms with Crippen molar-refractivity contribution >= 4 is 21.6 Å². The van der Waals surface area contributed by atoms with Crippen LogP contribution in [0.1, 0.15) is 36.7 Å². The quantitative estimate of drug-likeness (QED) is 0.803. The largest absolute Gasteiger partial charge is 0.324 e. The lowest BCUT2D eigenvalue weighted by molar-refractivity contribution is -0.116. The van der Waals surface area contributed by atoms with Gasteiger partial charge in [-0.1, -0.05) is 13.0 Å². The molecule has 0 aliphatic carbocycles. The standard InChI is InChI=1S/C20H27FN4O3S/c1-13-7-9-24(10-8-13)29(27,28)20-15(3)23-25(16(20)4)12-19(26)22-17-6-5-14(2)18(21)11-17/h5-6,11,13H,7-10,12H2,1-4H3,(H,22,26). The highest BCUT2D eigenvalue weighted by Gasteiger charge is 2.33. The number of sulfonamides is 1. The maximum Gasteiger partial charge on any atom is 0.246 e. The van der Waals surface area contributed by atoms with E-state index in [1.165, 1.54) is 15.1 Å². The average Bonchev–Trinajstić information content (AvgIpc) is 2.92. The van der Waals surface area contributed by atoms with Crippen molar-refractivity contribution in [3.8, 4) is 0 Å². The molecule has 1 amide bonds. The average molecular weight is 423 g/mol. The molecule has 1 aliphatic rings. The Morgan fingerprint density at radius 2 is 1.90 bits per heavy atom. The predicted molar refractivity (Wildman–Crippen MR) is 109 cm³/mol. The lowest BCUT2D eigenvalue weighted by Crippen LogP contribution is -2.38. The first-order chi connectivity index (χ1) is 13.6. The molecule has 0 unspecified atom stereocenters. The molecule has 3 rings (SSSR count). The van der Waals surface area contributed by atoms with E-state index in [2.05, 4.69) is 17.3 Å². The Balaban J connectivity index is 1.78. The Bertz CT molecular complexity index is 1020. The summed E-state index contributed by atoms with van der Waals surface area (Å²) in [6, 6.07) is 4.45. The van der Waals surface area contributed by atoms with Gasteiger partial charge in [-0.2, -0.15) is 9.40 Å². The number of halogens is 1. The van der Waals surface area contributed by atoms with Crippen LogP contribution >= 0.6 is 0 Å². The van der Waals surface area contributed by atoms with Gasteiger partial charge in [-0.15, -0.1) is 0 Å². The molecule has 1 aliphatic heterocycles. The van der Waals surface area contributed by atoms with Gasteiger partial charge in [0.2, 0.25) is 15.9 Å². The van der Waals surface area contributed by atoms with E-state index in [9.17, 15) is 17.6 Å². The molecule has 1 saturated heterocycles. The first kappa shape index (κ1) is 21.4. The van der Waals surface area contributed by atoms with Crippen LogP contribution in [0.5, 0.6) is 0 Å². The Hall–Kier alpha value is -2.26. The SMILES string of the molecule is Cc1ccc(NC(=O)Cn2nc(C)c(S(=O)(=O)N3CCC(C)CC3)c2C)cc1F. The number of amides is 1. The van der Waals surface area contributed by atoms with Gasteiger partial charge >= 0.3 is 0 Å². The second kappa shape index (κ2) is 8.23. The summed E-state index contributed by atoms with van der Waals surface area (Å²) in [6.45, 7) is 7.88. The van der Waals surface area contributed by atoms with Gasteiger partial charge < -0.3 is 5.32 Å². The first-order valence-corrected chi connectivity index (χ1v) is 11.1. The third-order valence-corrected chi connectivity index (χ3v) is 7.56. The molecule has 1 N–H and O–H groups in total. The van der Waals surface area contributed by atoms with E-state index in [0.717, 1.165) is 12.8 Å². The van der Waals surface area contributed by atoms with Crippen LogP contribution in [-0.2, 0) is 21.4 Å². The fourth-order valence-corrected chi connectivity index (χ4v) is 5.41. The summed E-state index contributed by atoms with van der Waals surface area (Å²) in [6.07, 6.45) is 1.67. The number of rotatable bonds is 5. The van der Waals surface area contributed by atoms with Gasteiger partial charge in [0.05, 0.1) is 11.4 Å². The van der Waals surface area contributed by atoms with Gasteiger partial charge in [0.25, 0.3) is 0 Å². The van der Waals surface area contributed by atoms with Crippen LogP contribution in [-0.4, -0.2) is 41.5 Å². The van der Waals surface area contributed by atoms with Crippen LogP contribution in [0.2, 0.25) is 0 Å². The molecule has 0 saturated carbocycles. The molecule has 9 heteroatoms. The lowest BCUT2D eigenvalue weighted by atomic mass is 10.0. The van der Waals surface area contributed by atoms with Gasteiger partial charge in [-0.3, -0.25) is 9.48 Å². The molecule has 2 aromatic rings. The summed E-state index contributed by atoms with van der Waals surface area (Å²) in [7, 11) is -3.66. The molecular formula is C20H27FN4O3S. The van der Waals surface area contributed by atoms with Gasteiger partial charge in [-0.05, 0) is 57.2 Å². The van der Waals surface area contributed by atoms with Crippen molar-refractivity contribution in [1.29, 1.82) is 0 Å². The predicted octanol–water partition coefficient (Wildman–Crippen LogP) is 3.01. The molecule has 29 heavy (non-hydrogen) atoms. The molecule has 0 atom stereocenters. The number of anilines is 1. The third kappa shape index (κ3) is 4.51. The minimum atomic E-state index is -3.66. The Morgan fingerprint density at radius 1 is 1.24 bits per heavy atom. The molecule has 7 nitrogen and oxygen atoms in total. The fourth-order valence-electron chi connectivity index (χ4n) is 3.57. The molecule has 158 valence electrons. The number of carbonyl (C=O) groups is 1. The molecule has 2 heterocycles. The van der Waals surface area contributed by atoms with Gasteiger partial charge in [0.1, 0.15) is 17.3 Å². The molecule has 1 aromatic heterocycles. The zero-order valence-electron chi connectivity index (χ0n) is 17.2. The summed E-state index contributed by atoms with van der Waals surface area (Å²) in [4.78, 5) is 12.6. The van der Waals surface area contributed by atoms with Crippen LogP contribution in [0.4, 0.5) is 10.1 Å². The second-order valence-corrected chi connectivity index (χ2v) is 9.63. The molecule has 1 fully saturated rings. The molecule has 1 aromatic carbocycles. The second-order valence-electron chi connectivity index (χ2n) is 7.76. The number of piperidine rings is 1. The summed E-state index contributed by atoms with van der Waals surface area (Å²) in [5.74, 6) is -0.297. The molecule has 0 radical (unpaired) electrons. The normalized spacial score (nSPS) is 16.2. The van der Waals surface area contributed by atoms with Crippen molar-refractivity contribution in [2.45, 2.75) is 52.0 Å². The molecule has 0 spiro atoms. The number of nitrogens with one attached hydrogen (secondary N) is 1. The highest BCUT2D eigenvalue weighted by Crippen LogP contribution is 2.27. The molecule has 0 bridgehead atoms. The topological polar surface area (TPSA) is 84.3 Å². The van der Waals surface area contributed by atoms with Crippen molar-refractivity contribution in [1.82, 2.24) is 14.1 Å². The maximum absolute atomic E-state index is 13.7. The fraction of sp³-hybridized carbons (Fsp3) is 0.500. The van der Waals surface area contributed by atoms with E-state index < -0.39 is 21.7 Å². The van der Waals surface area contributed by atoms with E-state index in [1.54, 1.807) is 32.9 Å². The maximum atomic E-state index is 13.7. The van der Waals surface area contributed by atoms with Crippen LogP contribution in [0.15, 0.2) is 23.1 Å². The molecular weight excluding hydrogens is 395 g/mol. The van der Waals surface area contributed by atoms with Crippen LogP contribution in [0.25, 0.3) is 0 Å². The van der Waals surface area contributed by atoms with E-state index >= 15 is 0 Å². The van der Waals surface area contributed by atoms with Gasteiger partial charge in [0, 0.05) is 18.8 Å². The minimum Gasteiger partial charge on any atom is -0.324 e. The zero-order valence-corrected chi connectivity index (χ0v) is 18.0. The van der Waals surface area contributed by atoms with E-state index in [0.29, 0.717) is 41.6 Å². The summed E-state index contributed by atoms with van der Waals surface area (Å²) in [5, 5.41) is 6.90. The van der Waals surface area contributed by atoms with Crippen molar-refractivity contribution in [2.24, 2.45) is 5.92 Å². The Kier molecular flexibility index (Phi) is 6.09. The van der Waals surface area contributed by atoms with E-state index in [1.807, 2.05) is 0 Å². The Labute approximate surface area is 171 Å². The first-order valence-electron chi connectivity index (χ1n) is 9.69. The number of carbonyl (C=O) groups excluding carboxylic acids is 1. The summed E-state index contributed by atoms with van der Waals surface area (Å²) in [5.41, 5.74) is 1.63. The van der Waals surface area contributed by atoms with E-state index in [4.69, 9.17) is 0 Å². The number of aromatic nitrogens is 2. The highest BCUT2D eigenvalue weighted by atomic mass is 32.2. The Morgan fingerprint density at radius 3 is 2.52 bits per heavy atom. The van der Waals surface area contributed by atoms with Crippen LogP contribution < -0.4 is 5.32 Å². The summed E-state index contributed by atoms with van der Waals surface area (Å²) < 4.78 is 42.8. The van der Waals surface area contributed by atoms with E-state index in [-0.39, 0.29) is 11.4 Å². The number of nitrogens with zero attached hydrogens (tertiary/aromatic N) is 3. The smallest absolute Gasteiger partial charge is 0.246 e. The van der Waals surface area contributed by atoms with Crippen molar-refractivity contribution in [2.75, 3.05) is 18.4 Å². The number of aryl methyl sites for hydroxylation is 2. The zero-order chi connectivity index (χ0) is 21.3. The minimum absolute atomic E-state index is 0.158. The van der Waals surface area contributed by atoms with Gasteiger partial charge in [0.15, 0.2) is 0 Å². The highest BCUT2D eigenvalue weighted by molar-refractivity contribution is 7.89.